The number of Topliss-reactive ketones (excluding diaryl/α,β-unsaturated/α-hetero) is 1. The Morgan fingerprint density at radius 2 is 1.82 bits per heavy atom. The lowest BCUT2D eigenvalue weighted by Gasteiger charge is -2.39. The van der Waals surface area contributed by atoms with Crippen molar-refractivity contribution >= 4 is 17.6 Å². The van der Waals surface area contributed by atoms with E-state index in [2.05, 4.69) is 0 Å². The zero-order valence-corrected chi connectivity index (χ0v) is 18.9. The Balaban J connectivity index is 1.75. The second-order valence-corrected chi connectivity index (χ2v) is 8.75. The second-order valence-electron chi connectivity index (χ2n) is 8.75. The summed E-state index contributed by atoms with van der Waals surface area (Å²) in [5.41, 5.74) is 1.42. The maximum atomic E-state index is 13.4. The van der Waals surface area contributed by atoms with Crippen molar-refractivity contribution in [2.45, 2.75) is 24.8 Å². The van der Waals surface area contributed by atoms with E-state index in [1.807, 2.05) is 54.6 Å². The topological polar surface area (TPSA) is 86.5 Å². The molecule has 0 bridgehead atoms. The molecule has 2 aliphatic carbocycles. The summed E-state index contributed by atoms with van der Waals surface area (Å²) >= 11 is 0. The average Bonchev–Trinajstić information content (AvgIpc) is 2.87. The van der Waals surface area contributed by atoms with Gasteiger partial charge in [0.15, 0.2) is 5.78 Å². The van der Waals surface area contributed by atoms with E-state index in [-0.39, 0.29) is 23.0 Å². The van der Waals surface area contributed by atoms with Crippen LogP contribution in [0.2, 0.25) is 0 Å². The fourth-order valence-corrected chi connectivity index (χ4v) is 5.15. The zero-order valence-electron chi connectivity index (χ0n) is 18.9. The molecule has 34 heavy (non-hydrogen) atoms. The molecule has 6 heteroatoms. The average molecular weight is 458 g/mol. The number of ether oxygens (including phenoxy) is 1. The van der Waals surface area contributed by atoms with Crippen molar-refractivity contribution in [1.29, 1.82) is 0 Å². The summed E-state index contributed by atoms with van der Waals surface area (Å²) in [6.07, 6.45) is 11.4. The number of methoxy groups -OCH3 is 1. The van der Waals surface area contributed by atoms with Gasteiger partial charge in [-0.25, -0.2) is 0 Å². The molecule has 0 saturated heterocycles. The van der Waals surface area contributed by atoms with Gasteiger partial charge < -0.3 is 4.74 Å². The van der Waals surface area contributed by atoms with Crippen molar-refractivity contribution < 1.29 is 19.2 Å². The number of nitro groups is 1. The molecule has 2 aromatic carbocycles. The number of ketones is 2. The summed E-state index contributed by atoms with van der Waals surface area (Å²) in [6.45, 7) is 0. The van der Waals surface area contributed by atoms with E-state index < -0.39 is 29.6 Å². The van der Waals surface area contributed by atoms with E-state index in [9.17, 15) is 19.7 Å². The van der Waals surface area contributed by atoms with Gasteiger partial charge in [-0.05, 0) is 41.7 Å². The van der Waals surface area contributed by atoms with E-state index >= 15 is 0 Å². The molecule has 1 fully saturated rings. The lowest BCUT2D eigenvalue weighted by molar-refractivity contribution is -0.540. The van der Waals surface area contributed by atoms with Crippen LogP contribution >= 0.6 is 0 Å². The smallest absolute Gasteiger partial charge is 0.224 e. The third kappa shape index (κ3) is 4.91. The molecule has 5 atom stereocenters. The van der Waals surface area contributed by atoms with Gasteiger partial charge in [0.2, 0.25) is 6.04 Å². The molecule has 2 unspecified atom stereocenters. The van der Waals surface area contributed by atoms with Crippen LogP contribution in [0.5, 0.6) is 5.75 Å². The zero-order chi connectivity index (χ0) is 24.1. The van der Waals surface area contributed by atoms with E-state index in [1.165, 1.54) is 6.08 Å². The number of allylic oxidation sites excluding steroid dienone is 5. The number of carbonyl (C=O) groups is 2. The highest BCUT2D eigenvalue weighted by atomic mass is 16.6. The van der Waals surface area contributed by atoms with Gasteiger partial charge in [0, 0.05) is 17.3 Å². The van der Waals surface area contributed by atoms with E-state index in [1.54, 1.807) is 37.5 Å². The van der Waals surface area contributed by atoms with E-state index in [0.717, 1.165) is 5.56 Å². The van der Waals surface area contributed by atoms with Gasteiger partial charge >= 0.3 is 0 Å². The van der Waals surface area contributed by atoms with E-state index in [0.29, 0.717) is 17.7 Å². The van der Waals surface area contributed by atoms with Crippen molar-refractivity contribution in [1.82, 2.24) is 0 Å². The molecule has 4 rings (SSSR count). The van der Waals surface area contributed by atoms with Crippen LogP contribution in [0.25, 0.3) is 6.08 Å². The first-order valence-electron chi connectivity index (χ1n) is 11.4. The molecular formula is C28H27NO5. The summed E-state index contributed by atoms with van der Waals surface area (Å²) in [5, 5.41) is 12.5. The molecular weight excluding hydrogens is 430 g/mol. The quantitative estimate of drug-likeness (QED) is 0.251. The number of benzene rings is 2. The minimum absolute atomic E-state index is 0.0106. The van der Waals surface area contributed by atoms with Gasteiger partial charge in [-0.15, -0.1) is 0 Å². The van der Waals surface area contributed by atoms with Crippen LogP contribution in [0.1, 0.15) is 29.9 Å². The normalized spacial score (nSPS) is 26.5. The highest BCUT2D eigenvalue weighted by molar-refractivity contribution is 6.10. The first-order chi connectivity index (χ1) is 16.5. The number of hydrogen-bond acceptors (Lipinski definition) is 5. The fourth-order valence-electron chi connectivity index (χ4n) is 5.15. The Kier molecular flexibility index (Phi) is 7.16. The fraction of sp³-hybridized carbons (Fsp3) is 0.286. The lowest BCUT2D eigenvalue weighted by Crippen LogP contribution is -2.51. The summed E-state index contributed by atoms with van der Waals surface area (Å²) in [6, 6.07) is 15.1. The molecule has 0 spiro atoms. The molecule has 0 amide bonds. The van der Waals surface area contributed by atoms with Gasteiger partial charge in [-0.1, -0.05) is 72.8 Å². The van der Waals surface area contributed by atoms with Crippen LogP contribution in [0.4, 0.5) is 0 Å². The summed E-state index contributed by atoms with van der Waals surface area (Å²) < 4.78 is 5.23. The highest BCUT2D eigenvalue weighted by Crippen LogP contribution is 2.45. The first kappa shape index (κ1) is 23.4. The molecule has 2 aliphatic rings. The minimum atomic E-state index is -1.11. The molecule has 0 N–H and O–H groups in total. The van der Waals surface area contributed by atoms with Crippen molar-refractivity contribution in [2.24, 2.45) is 17.8 Å². The van der Waals surface area contributed by atoms with Crippen LogP contribution in [0, 0.1) is 27.9 Å². The van der Waals surface area contributed by atoms with Crippen molar-refractivity contribution in [3.63, 3.8) is 0 Å². The summed E-state index contributed by atoms with van der Waals surface area (Å²) in [7, 11) is 1.54. The van der Waals surface area contributed by atoms with Crippen LogP contribution in [-0.4, -0.2) is 29.6 Å². The summed E-state index contributed by atoms with van der Waals surface area (Å²) in [5.74, 6) is -2.62. The van der Waals surface area contributed by atoms with Crippen LogP contribution in [-0.2, 0) is 9.59 Å². The van der Waals surface area contributed by atoms with Gasteiger partial charge in [0.25, 0.3) is 0 Å². The lowest BCUT2D eigenvalue weighted by atomic mass is 9.62. The maximum Gasteiger partial charge on any atom is 0.224 e. The number of hydrogen-bond donors (Lipinski definition) is 0. The number of nitrogens with zero attached hydrogens (tertiary/aromatic N) is 1. The standard InChI is InChI=1S/C28H27NO5/c1-34-22-15-13-21(14-16-22)26-27(24(30)17-12-19-8-4-2-5-9-19)25(31)18-23(28(26)29(32)33)20-10-6-3-7-11-20/h2-10,12-17,20,23,26-28H,11,18H2,1H3/b17-12+/t20?,23-,26+,27?,28+/m1/s1. The Bertz CT molecular complexity index is 1130. The molecule has 0 radical (unpaired) electrons. The third-order valence-electron chi connectivity index (χ3n) is 6.80. The van der Waals surface area contributed by atoms with Crippen LogP contribution in [0.3, 0.4) is 0 Å². The molecule has 0 heterocycles. The Labute approximate surface area is 198 Å². The van der Waals surface area contributed by atoms with Gasteiger partial charge in [-0.2, -0.15) is 0 Å². The van der Waals surface area contributed by atoms with Gasteiger partial charge in [0.1, 0.15) is 11.5 Å². The Hall–Kier alpha value is -3.80. The Morgan fingerprint density at radius 1 is 1.09 bits per heavy atom. The van der Waals surface area contributed by atoms with Gasteiger partial charge in [0.05, 0.1) is 18.9 Å². The minimum Gasteiger partial charge on any atom is -0.497 e. The second kappa shape index (κ2) is 10.4. The number of carbonyl (C=O) groups excluding carboxylic acids is 2. The monoisotopic (exact) mass is 457 g/mol. The van der Waals surface area contributed by atoms with Crippen LogP contribution < -0.4 is 4.74 Å². The highest BCUT2D eigenvalue weighted by Gasteiger charge is 2.55. The van der Waals surface area contributed by atoms with Crippen molar-refractivity contribution in [3.05, 3.63) is 106 Å². The SMILES string of the molecule is COc1ccc([C@H]2C(C(=O)/C=C/c3ccccc3)C(=O)C[C@H](C3C=CC=CC3)[C@@H]2[N+](=O)[O-])cc1. The van der Waals surface area contributed by atoms with Crippen molar-refractivity contribution in [2.75, 3.05) is 7.11 Å². The van der Waals surface area contributed by atoms with Crippen LogP contribution in [0.15, 0.2) is 85.0 Å². The molecule has 174 valence electrons. The Morgan fingerprint density at radius 3 is 2.44 bits per heavy atom. The third-order valence-corrected chi connectivity index (χ3v) is 6.80. The van der Waals surface area contributed by atoms with Gasteiger partial charge in [-0.3, -0.25) is 19.7 Å². The van der Waals surface area contributed by atoms with Crippen molar-refractivity contribution in [3.8, 4) is 5.75 Å². The molecule has 0 aliphatic heterocycles. The maximum absolute atomic E-state index is 13.4. The van der Waals surface area contributed by atoms with E-state index in [4.69, 9.17) is 4.74 Å². The molecule has 1 saturated carbocycles. The largest absolute Gasteiger partial charge is 0.497 e. The first-order valence-corrected chi connectivity index (χ1v) is 11.4. The predicted molar refractivity (Wildman–Crippen MR) is 130 cm³/mol. The molecule has 6 nitrogen and oxygen atoms in total. The predicted octanol–water partition coefficient (Wildman–Crippen LogP) is 5.04. The molecule has 0 aromatic heterocycles. The number of rotatable bonds is 7. The molecule has 2 aromatic rings. The summed E-state index contributed by atoms with van der Waals surface area (Å²) in [4.78, 5) is 39.0.